The fourth-order valence-corrected chi connectivity index (χ4v) is 0.916. The lowest BCUT2D eigenvalue weighted by molar-refractivity contribution is 0.182. The Balaban J connectivity index is 3.02. The van der Waals surface area contributed by atoms with Gasteiger partial charge in [0.2, 0.25) is 0 Å². The highest BCUT2D eigenvalue weighted by molar-refractivity contribution is 6.23. The first-order valence-corrected chi connectivity index (χ1v) is 3.65. The van der Waals surface area contributed by atoms with Crippen LogP contribution in [0.15, 0.2) is 43.0 Å². The highest BCUT2D eigenvalue weighted by Gasteiger charge is 2.20. The Morgan fingerprint density at radius 1 is 1.36 bits per heavy atom. The van der Waals surface area contributed by atoms with E-state index < -0.39 is 5.06 Å². The third-order valence-electron chi connectivity index (χ3n) is 1.45. The highest BCUT2D eigenvalue weighted by atomic mass is 35.5. The minimum Gasteiger partial charge on any atom is -0.368 e. The second-order valence-corrected chi connectivity index (χ2v) is 2.82. The normalized spacial score (nSPS) is 15.5. The van der Waals surface area contributed by atoms with Crippen LogP contribution in [0.4, 0.5) is 0 Å². The van der Waals surface area contributed by atoms with Gasteiger partial charge in [-0.2, -0.15) is 0 Å². The van der Waals surface area contributed by atoms with Gasteiger partial charge in [-0.1, -0.05) is 48.5 Å². The van der Waals surface area contributed by atoms with Crippen LogP contribution >= 0.6 is 11.6 Å². The molecule has 0 bridgehead atoms. The highest BCUT2D eigenvalue weighted by Crippen LogP contribution is 2.25. The first-order chi connectivity index (χ1) is 5.17. The summed E-state index contributed by atoms with van der Waals surface area (Å²) in [5.74, 6) is 0. The summed E-state index contributed by atoms with van der Waals surface area (Å²) in [5.41, 5.74) is 0.636. The molecule has 1 atom stereocenters. The summed E-state index contributed by atoms with van der Waals surface area (Å²) < 4.78 is 0. The zero-order chi connectivity index (χ0) is 8.32. The lowest BCUT2D eigenvalue weighted by atomic mass is 10.1. The second-order valence-electron chi connectivity index (χ2n) is 2.24. The number of hydrogen-bond donors (Lipinski definition) is 1. The maximum absolute atomic E-state index is 9.44. The Bertz CT molecular complexity index is 241. The minimum atomic E-state index is -1.43. The number of benzene rings is 1. The van der Waals surface area contributed by atoms with Gasteiger partial charge < -0.3 is 5.11 Å². The van der Waals surface area contributed by atoms with E-state index in [-0.39, 0.29) is 0 Å². The van der Waals surface area contributed by atoms with Crippen LogP contribution in [0.1, 0.15) is 5.56 Å². The topological polar surface area (TPSA) is 20.2 Å². The van der Waals surface area contributed by atoms with E-state index in [9.17, 15) is 5.11 Å². The van der Waals surface area contributed by atoms with Crippen LogP contribution in [0.5, 0.6) is 0 Å². The molecule has 1 aromatic carbocycles. The van der Waals surface area contributed by atoms with E-state index in [0.29, 0.717) is 5.56 Å². The molecule has 0 amide bonds. The van der Waals surface area contributed by atoms with Gasteiger partial charge in [0.15, 0.2) is 5.06 Å². The minimum absolute atomic E-state index is 0.636. The molecule has 58 valence electrons. The lowest BCUT2D eigenvalue weighted by Gasteiger charge is -2.15. The van der Waals surface area contributed by atoms with Crippen LogP contribution in [0, 0.1) is 0 Å². The Morgan fingerprint density at radius 3 is 2.36 bits per heavy atom. The molecule has 0 saturated heterocycles. The van der Waals surface area contributed by atoms with Gasteiger partial charge in [0.1, 0.15) is 0 Å². The predicted molar refractivity (Wildman–Crippen MR) is 46.4 cm³/mol. The van der Waals surface area contributed by atoms with Crippen molar-refractivity contribution in [2.75, 3.05) is 0 Å². The van der Waals surface area contributed by atoms with E-state index in [0.717, 1.165) is 0 Å². The van der Waals surface area contributed by atoms with E-state index in [2.05, 4.69) is 6.58 Å². The van der Waals surface area contributed by atoms with Crippen molar-refractivity contribution < 1.29 is 5.11 Å². The monoisotopic (exact) mass is 168 g/mol. The van der Waals surface area contributed by atoms with E-state index >= 15 is 0 Å². The van der Waals surface area contributed by atoms with Crippen molar-refractivity contribution in [1.82, 2.24) is 0 Å². The molecule has 1 N–H and O–H groups in total. The average Bonchev–Trinajstić information content (AvgIpc) is 2.06. The molecule has 0 fully saturated rings. The van der Waals surface area contributed by atoms with Gasteiger partial charge in [0.05, 0.1) is 0 Å². The molecule has 0 spiro atoms. The Labute approximate surface area is 70.9 Å². The van der Waals surface area contributed by atoms with Crippen LogP contribution in [0.3, 0.4) is 0 Å². The zero-order valence-electron chi connectivity index (χ0n) is 6.00. The third-order valence-corrected chi connectivity index (χ3v) is 1.82. The fraction of sp³-hybridized carbons (Fsp3) is 0.111. The summed E-state index contributed by atoms with van der Waals surface area (Å²) in [6.45, 7) is 3.43. The summed E-state index contributed by atoms with van der Waals surface area (Å²) >= 11 is 5.68. The SMILES string of the molecule is C=CC(O)(Cl)c1ccccc1. The van der Waals surface area contributed by atoms with Gasteiger partial charge in [0.25, 0.3) is 0 Å². The summed E-state index contributed by atoms with van der Waals surface area (Å²) in [5, 5.41) is 8.01. The summed E-state index contributed by atoms with van der Waals surface area (Å²) in [7, 11) is 0. The van der Waals surface area contributed by atoms with Crippen molar-refractivity contribution in [3.8, 4) is 0 Å². The van der Waals surface area contributed by atoms with Crippen LogP contribution in [0.2, 0.25) is 0 Å². The molecule has 1 aromatic rings. The van der Waals surface area contributed by atoms with E-state index in [4.69, 9.17) is 11.6 Å². The van der Waals surface area contributed by atoms with Gasteiger partial charge in [-0.15, -0.1) is 0 Å². The molecule has 0 aliphatic rings. The molecule has 1 rings (SSSR count). The van der Waals surface area contributed by atoms with E-state index in [1.165, 1.54) is 6.08 Å². The molecule has 1 nitrogen and oxygen atoms in total. The molecule has 11 heavy (non-hydrogen) atoms. The van der Waals surface area contributed by atoms with Crippen molar-refractivity contribution in [3.05, 3.63) is 48.6 Å². The molecular weight excluding hydrogens is 160 g/mol. The quantitative estimate of drug-likeness (QED) is 0.531. The standard InChI is InChI=1S/C9H9ClO/c1-2-9(10,11)8-6-4-3-5-7-8/h2-7,11H,1H2. The number of halogens is 1. The Morgan fingerprint density at radius 2 is 1.91 bits per heavy atom. The van der Waals surface area contributed by atoms with Gasteiger partial charge in [0, 0.05) is 5.56 Å². The summed E-state index contributed by atoms with van der Waals surface area (Å²) in [4.78, 5) is 0. The van der Waals surface area contributed by atoms with Gasteiger partial charge in [-0.3, -0.25) is 0 Å². The number of aliphatic hydroxyl groups is 1. The van der Waals surface area contributed by atoms with Gasteiger partial charge >= 0.3 is 0 Å². The lowest BCUT2D eigenvalue weighted by Crippen LogP contribution is -2.12. The molecule has 0 radical (unpaired) electrons. The van der Waals surface area contributed by atoms with Crippen molar-refractivity contribution >= 4 is 11.6 Å². The maximum atomic E-state index is 9.44. The van der Waals surface area contributed by atoms with Crippen molar-refractivity contribution in [1.29, 1.82) is 0 Å². The molecule has 0 saturated carbocycles. The van der Waals surface area contributed by atoms with Gasteiger partial charge in [-0.05, 0) is 6.08 Å². The molecule has 0 heterocycles. The van der Waals surface area contributed by atoms with Gasteiger partial charge in [-0.25, -0.2) is 0 Å². The molecule has 0 aromatic heterocycles. The summed E-state index contributed by atoms with van der Waals surface area (Å²) in [6.07, 6.45) is 1.30. The molecule has 2 heteroatoms. The average molecular weight is 169 g/mol. The fourth-order valence-electron chi connectivity index (χ4n) is 0.790. The smallest absolute Gasteiger partial charge is 0.183 e. The van der Waals surface area contributed by atoms with Crippen LogP contribution in [-0.4, -0.2) is 5.11 Å². The molecule has 0 aliphatic heterocycles. The first-order valence-electron chi connectivity index (χ1n) is 3.27. The van der Waals surface area contributed by atoms with Crippen molar-refractivity contribution in [2.45, 2.75) is 5.06 Å². The Kier molecular flexibility index (Phi) is 2.32. The third kappa shape index (κ3) is 1.82. The molecule has 0 aliphatic carbocycles. The largest absolute Gasteiger partial charge is 0.368 e. The number of rotatable bonds is 2. The number of alkyl halides is 1. The van der Waals surface area contributed by atoms with Crippen LogP contribution in [0.25, 0.3) is 0 Å². The van der Waals surface area contributed by atoms with Crippen molar-refractivity contribution in [2.24, 2.45) is 0 Å². The van der Waals surface area contributed by atoms with E-state index in [1.54, 1.807) is 12.1 Å². The van der Waals surface area contributed by atoms with Crippen molar-refractivity contribution in [3.63, 3.8) is 0 Å². The van der Waals surface area contributed by atoms with Crippen LogP contribution < -0.4 is 0 Å². The van der Waals surface area contributed by atoms with Crippen LogP contribution in [-0.2, 0) is 5.06 Å². The van der Waals surface area contributed by atoms with E-state index in [1.807, 2.05) is 18.2 Å². The maximum Gasteiger partial charge on any atom is 0.183 e. The molecule has 1 unspecified atom stereocenters. The first kappa shape index (κ1) is 8.31. The second kappa shape index (κ2) is 3.07. The predicted octanol–water partition coefficient (Wildman–Crippen LogP) is 2.26. The number of hydrogen-bond acceptors (Lipinski definition) is 1. The Hall–Kier alpha value is -0.790. The summed E-state index contributed by atoms with van der Waals surface area (Å²) in [6, 6.07) is 8.97. The molecular formula is C9H9ClO. The zero-order valence-corrected chi connectivity index (χ0v) is 6.75.